The summed E-state index contributed by atoms with van der Waals surface area (Å²) >= 11 is 0. The molecule has 1 unspecified atom stereocenters. The first-order valence-corrected chi connectivity index (χ1v) is 10.4. The minimum absolute atomic E-state index is 0.0807. The molecular formula is C23H26F3N5O. The Kier molecular flexibility index (Phi) is 7.04. The number of likely N-dealkylation sites (tertiary alicyclic amines) is 1. The largest absolute Gasteiger partial charge is 0.417 e. The van der Waals surface area contributed by atoms with Crippen LogP contribution in [-0.4, -0.2) is 47.0 Å². The van der Waals surface area contributed by atoms with Gasteiger partial charge in [-0.05, 0) is 50.5 Å². The lowest BCUT2D eigenvalue weighted by Crippen LogP contribution is -2.50. The van der Waals surface area contributed by atoms with Crippen LogP contribution < -0.4 is 10.6 Å². The SMILES string of the molecule is CC(C)(CNc1ccc(-c2ccccc2C(F)(F)F)cn1)NCC(=O)N1CCCC1C#N. The number of alkyl halides is 3. The molecule has 0 spiro atoms. The van der Waals surface area contributed by atoms with Crippen LogP contribution in [0, 0.1) is 11.3 Å². The predicted octanol–water partition coefficient (Wildman–Crippen LogP) is 4.06. The number of nitrogens with zero attached hydrogens (tertiary/aromatic N) is 3. The molecule has 0 aliphatic carbocycles. The summed E-state index contributed by atoms with van der Waals surface area (Å²) < 4.78 is 39.8. The van der Waals surface area contributed by atoms with Crippen LogP contribution in [0.4, 0.5) is 19.0 Å². The molecular weight excluding hydrogens is 419 g/mol. The van der Waals surface area contributed by atoms with Gasteiger partial charge in [0.1, 0.15) is 11.9 Å². The standard InChI is InChI=1S/C23H26F3N5O/c1-22(2,30-14-21(32)31-11-5-6-17(31)12-27)15-29-20-10-9-16(13-28-20)18-7-3-4-8-19(18)23(24,25)26/h3-4,7-10,13,17,30H,5-6,11,14-15H2,1-2H3,(H,28,29). The Morgan fingerprint density at radius 3 is 2.66 bits per heavy atom. The summed E-state index contributed by atoms with van der Waals surface area (Å²) in [5.41, 5.74) is -0.698. The molecule has 2 N–H and O–H groups in total. The molecule has 170 valence electrons. The third kappa shape index (κ3) is 5.77. The van der Waals surface area contributed by atoms with Crippen LogP contribution in [0.5, 0.6) is 0 Å². The number of nitrogens with one attached hydrogen (secondary N) is 2. The molecule has 9 heteroatoms. The number of hydrogen-bond donors (Lipinski definition) is 2. The molecule has 32 heavy (non-hydrogen) atoms. The van der Waals surface area contributed by atoms with Gasteiger partial charge in [0.15, 0.2) is 0 Å². The number of pyridine rings is 1. The first-order chi connectivity index (χ1) is 15.1. The second-order valence-corrected chi connectivity index (χ2v) is 8.44. The van der Waals surface area contributed by atoms with Crippen molar-refractivity contribution in [2.75, 3.05) is 25.0 Å². The second kappa shape index (κ2) is 9.57. The summed E-state index contributed by atoms with van der Waals surface area (Å²) in [6.07, 6.45) is -1.48. The summed E-state index contributed by atoms with van der Waals surface area (Å²) in [6, 6.07) is 10.4. The molecule has 0 bridgehead atoms. The van der Waals surface area contributed by atoms with Crippen molar-refractivity contribution in [2.24, 2.45) is 0 Å². The van der Waals surface area contributed by atoms with Crippen molar-refractivity contribution in [1.82, 2.24) is 15.2 Å². The van der Waals surface area contributed by atoms with E-state index in [1.807, 2.05) is 13.8 Å². The molecule has 1 atom stereocenters. The molecule has 1 amide bonds. The summed E-state index contributed by atoms with van der Waals surface area (Å²) in [5, 5.41) is 15.5. The molecule has 1 aromatic heterocycles. The third-order valence-corrected chi connectivity index (χ3v) is 5.46. The number of hydrogen-bond acceptors (Lipinski definition) is 5. The summed E-state index contributed by atoms with van der Waals surface area (Å²) in [6.45, 7) is 5.01. The monoisotopic (exact) mass is 445 g/mol. The van der Waals surface area contributed by atoms with Crippen molar-refractivity contribution in [2.45, 2.75) is 44.4 Å². The van der Waals surface area contributed by atoms with E-state index in [1.54, 1.807) is 23.1 Å². The van der Waals surface area contributed by atoms with Crippen LogP contribution in [0.25, 0.3) is 11.1 Å². The molecule has 1 fully saturated rings. The molecule has 1 saturated heterocycles. The normalized spacial score (nSPS) is 16.6. The van der Waals surface area contributed by atoms with Crippen molar-refractivity contribution in [3.8, 4) is 17.2 Å². The van der Waals surface area contributed by atoms with Crippen LogP contribution in [0.1, 0.15) is 32.3 Å². The van der Waals surface area contributed by atoms with E-state index in [2.05, 4.69) is 21.7 Å². The van der Waals surface area contributed by atoms with E-state index in [9.17, 15) is 18.0 Å². The Hall–Kier alpha value is -3.12. The lowest BCUT2D eigenvalue weighted by atomic mass is 10.0. The van der Waals surface area contributed by atoms with Gasteiger partial charge in [-0.25, -0.2) is 4.98 Å². The lowest BCUT2D eigenvalue weighted by Gasteiger charge is -2.28. The number of aromatic nitrogens is 1. The first-order valence-electron chi connectivity index (χ1n) is 10.4. The highest BCUT2D eigenvalue weighted by molar-refractivity contribution is 5.79. The van der Waals surface area contributed by atoms with Crippen molar-refractivity contribution >= 4 is 11.7 Å². The molecule has 1 aromatic carbocycles. The van der Waals surface area contributed by atoms with E-state index in [4.69, 9.17) is 5.26 Å². The number of carbonyl (C=O) groups is 1. The highest BCUT2D eigenvalue weighted by Gasteiger charge is 2.33. The summed E-state index contributed by atoms with van der Waals surface area (Å²) in [7, 11) is 0. The van der Waals surface area contributed by atoms with Crippen LogP contribution in [0.15, 0.2) is 42.6 Å². The Morgan fingerprint density at radius 2 is 2.00 bits per heavy atom. The minimum Gasteiger partial charge on any atom is -0.368 e. The fourth-order valence-corrected chi connectivity index (χ4v) is 3.63. The topological polar surface area (TPSA) is 81.1 Å². The fraction of sp³-hybridized carbons (Fsp3) is 0.435. The second-order valence-electron chi connectivity index (χ2n) is 8.44. The van der Waals surface area contributed by atoms with Gasteiger partial charge in [0, 0.05) is 30.4 Å². The Bertz CT molecular complexity index is 982. The highest BCUT2D eigenvalue weighted by atomic mass is 19.4. The molecule has 3 rings (SSSR count). The van der Waals surface area contributed by atoms with Crippen LogP contribution in [-0.2, 0) is 11.0 Å². The van der Waals surface area contributed by atoms with Gasteiger partial charge in [-0.15, -0.1) is 0 Å². The van der Waals surface area contributed by atoms with Gasteiger partial charge in [0.05, 0.1) is 18.2 Å². The Labute approximate surface area is 185 Å². The molecule has 0 radical (unpaired) electrons. The number of halogens is 3. The summed E-state index contributed by atoms with van der Waals surface area (Å²) in [4.78, 5) is 18.3. The quantitative estimate of drug-likeness (QED) is 0.672. The van der Waals surface area contributed by atoms with Crippen molar-refractivity contribution in [1.29, 1.82) is 5.26 Å². The first kappa shape index (κ1) is 23.5. The maximum Gasteiger partial charge on any atom is 0.417 e. The maximum absolute atomic E-state index is 13.3. The minimum atomic E-state index is -4.44. The van der Waals surface area contributed by atoms with E-state index in [1.165, 1.54) is 18.3 Å². The van der Waals surface area contributed by atoms with E-state index in [-0.39, 0.29) is 24.1 Å². The van der Waals surface area contributed by atoms with Crippen LogP contribution in [0.2, 0.25) is 0 Å². The zero-order valence-corrected chi connectivity index (χ0v) is 18.0. The molecule has 2 aromatic rings. The fourth-order valence-electron chi connectivity index (χ4n) is 3.63. The van der Waals surface area contributed by atoms with Crippen LogP contribution >= 0.6 is 0 Å². The number of amides is 1. The Morgan fingerprint density at radius 1 is 1.25 bits per heavy atom. The van der Waals surface area contributed by atoms with Gasteiger partial charge >= 0.3 is 6.18 Å². The molecule has 2 heterocycles. The number of anilines is 1. The van der Waals surface area contributed by atoms with Gasteiger partial charge in [0.2, 0.25) is 5.91 Å². The predicted molar refractivity (Wildman–Crippen MR) is 116 cm³/mol. The van der Waals surface area contributed by atoms with E-state index in [0.29, 0.717) is 30.9 Å². The smallest absolute Gasteiger partial charge is 0.368 e. The highest BCUT2D eigenvalue weighted by Crippen LogP contribution is 2.36. The number of nitriles is 1. The average molecular weight is 445 g/mol. The number of carbonyl (C=O) groups excluding carboxylic acids is 1. The molecule has 1 aliphatic heterocycles. The zero-order chi connectivity index (χ0) is 23.4. The van der Waals surface area contributed by atoms with Gasteiger partial charge in [-0.3, -0.25) is 4.79 Å². The van der Waals surface area contributed by atoms with Crippen molar-refractivity contribution < 1.29 is 18.0 Å². The maximum atomic E-state index is 13.3. The number of rotatable bonds is 7. The van der Waals surface area contributed by atoms with Crippen molar-refractivity contribution in [3.63, 3.8) is 0 Å². The van der Waals surface area contributed by atoms with E-state index < -0.39 is 17.3 Å². The zero-order valence-electron chi connectivity index (χ0n) is 18.0. The van der Waals surface area contributed by atoms with Crippen LogP contribution in [0.3, 0.4) is 0 Å². The van der Waals surface area contributed by atoms with Gasteiger partial charge in [0.25, 0.3) is 0 Å². The third-order valence-electron chi connectivity index (χ3n) is 5.46. The lowest BCUT2D eigenvalue weighted by molar-refractivity contribution is -0.137. The average Bonchev–Trinajstić information content (AvgIpc) is 3.25. The molecule has 1 aliphatic rings. The van der Waals surface area contributed by atoms with E-state index in [0.717, 1.165) is 12.5 Å². The molecule has 0 saturated carbocycles. The van der Waals surface area contributed by atoms with Gasteiger partial charge in [-0.2, -0.15) is 18.4 Å². The van der Waals surface area contributed by atoms with Gasteiger partial charge < -0.3 is 15.5 Å². The van der Waals surface area contributed by atoms with Crippen molar-refractivity contribution in [3.05, 3.63) is 48.2 Å². The van der Waals surface area contributed by atoms with Gasteiger partial charge in [-0.1, -0.05) is 18.2 Å². The molecule has 6 nitrogen and oxygen atoms in total. The van der Waals surface area contributed by atoms with E-state index >= 15 is 0 Å². The number of benzene rings is 1. The summed E-state index contributed by atoms with van der Waals surface area (Å²) in [5.74, 6) is 0.413. The Balaban J connectivity index is 1.57.